The van der Waals surface area contributed by atoms with Crippen molar-refractivity contribution in [3.63, 3.8) is 0 Å². The van der Waals surface area contributed by atoms with E-state index in [1.165, 1.54) is 5.56 Å². The smallest absolute Gasteiger partial charge is 0.261 e. The van der Waals surface area contributed by atoms with Gasteiger partial charge in [-0.2, -0.15) is 0 Å². The summed E-state index contributed by atoms with van der Waals surface area (Å²) in [7, 11) is 0. The standard InChI is InChI=1S/C23H31NO3/c1-5-8-19-11-13-20(14-12-19)26-16-15-24-23(25)21(6-2)27-22-10-7-9-17(3)18(22)4/h7,9-14,21H,5-6,8,15-16H2,1-4H3,(H,24,25)/t21-/m1/s1. The molecule has 0 saturated carbocycles. The summed E-state index contributed by atoms with van der Waals surface area (Å²) >= 11 is 0. The van der Waals surface area contributed by atoms with Gasteiger partial charge >= 0.3 is 0 Å². The first-order valence-electron chi connectivity index (χ1n) is 9.77. The Bertz CT molecular complexity index is 725. The van der Waals surface area contributed by atoms with Crippen molar-refractivity contribution in [2.24, 2.45) is 0 Å². The molecule has 146 valence electrons. The fourth-order valence-corrected chi connectivity index (χ4v) is 2.83. The fourth-order valence-electron chi connectivity index (χ4n) is 2.83. The summed E-state index contributed by atoms with van der Waals surface area (Å²) in [6.07, 6.45) is 2.32. The van der Waals surface area contributed by atoms with Gasteiger partial charge in [-0.25, -0.2) is 0 Å². The zero-order valence-corrected chi connectivity index (χ0v) is 16.9. The minimum atomic E-state index is -0.501. The molecule has 27 heavy (non-hydrogen) atoms. The van der Waals surface area contributed by atoms with Crippen LogP contribution >= 0.6 is 0 Å². The second-order valence-corrected chi connectivity index (χ2v) is 6.75. The molecule has 0 saturated heterocycles. The predicted molar refractivity (Wildman–Crippen MR) is 110 cm³/mol. The Morgan fingerprint density at radius 2 is 1.81 bits per heavy atom. The van der Waals surface area contributed by atoms with Crippen LogP contribution < -0.4 is 14.8 Å². The van der Waals surface area contributed by atoms with Gasteiger partial charge in [-0.05, 0) is 61.6 Å². The van der Waals surface area contributed by atoms with Crippen molar-refractivity contribution in [2.75, 3.05) is 13.2 Å². The van der Waals surface area contributed by atoms with Crippen LogP contribution in [0.25, 0.3) is 0 Å². The van der Waals surface area contributed by atoms with E-state index in [0.717, 1.165) is 35.5 Å². The van der Waals surface area contributed by atoms with Crippen LogP contribution in [-0.2, 0) is 11.2 Å². The van der Waals surface area contributed by atoms with E-state index in [1.807, 2.05) is 51.1 Å². The lowest BCUT2D eigenvalue weighted by atomic mass is 10.1. The summed E-state index contributed by atoms with van der Waals surface area (Å²) in [5.74, 6) is 1.48. The number of amides is 1. The third-order valence-corrected chi connectivity index (χ3v) is 4.62. The molecule has 4 heteroatoms. The minimum Gasteiger partial charge on any atom is -0.492 e. The quantitative estimate of drug-likeness (QED) is 0.622. The van der Waals surface area contributed by atoms with E-state index in [-0.39, 0.29) is 5.91 Å². The molecule has 0 spiro atoms. The van der Waals surface area contributed by atoms with Gasteiger partial charge in [-0.1, -0.05) is 44.5 Å². The summed E-state index contributed by atoms with van der Waals surface area (Å²) in [4.78, 5) is 12.4. The van der Waals surface area contributed by atoms with Crippen molar-refractivity contribution in [1.29, 1.82) is 0 Å². The summed E-state index contributed by atoms with van der Waals surface area (Å²) in [5.41, 5.74) is 3.53. The predicted octanol–water partition coefficient (Wildman–Crippen LogP) is 4.61. The SMILES string of the molecule is CCCc1ccc(OCCNC(=O)[C@@H](CC)Oc2cccc(C)c2C)cc1. The molecule has 0 bridgehead atoms. The number of carbonyl (C=O) groups excluding carboxylic acids is 1. The zero-order chi connectivity index (χ0) is 19.6. The first-order chi connectivity index (χ1) is 13.0. The highest BCUT2D eigenvalue weighted by Gasteiger charge is 2.19. The molecular weight excluding hydrogens is 338 g/mol. The molecular formula is C23H31NO3. The number of ether oxygens (including phenoxy) is 2. The van der Waals surface area contributed by atoms with Crippen LogP contribution in [0.4, 0.5) is 0 Å². The molecule has 0 aliphatic carbocycles. The Morgan fingerprint density at radius 3 is 2.48 bits per heavy atom. The maximum atomic E-state index is 12.4. The molecule has 0 aliphatic rings. The lowest BCUT2D eigenvalue weighted by Gasteiger charge is -2.19. The molecule has 0 fully saturated rings. The zero-order valence-electron chi connectivity index (χ0n) is 16.9. The minimum absolute atomic E-state index is 0.111. The third kappa shape index (κ3) is 6.31. The van der Waals surface area contributed by atoms with E-state index >= 15 is 0 Å². The van der Waals surface area contributed by atoms with E-state index in [1.54, 1.807) is 0 Å². The monoisotopic (exact) mass is 369 g/mol. The van der Waals surface area contributed by atoms with Crippen LogP contribution in [-0.4, -0.2) is 25.2 Å². The molecule has 1 atom stereocenters. The van der Waals surface area contributed by atoms with E-state index in [9.17, 15) is 4.79 Å². The number of benzene rings is 2. The van der Waals surface area contributed by atoms with Crippen molar-refractivity contribution in [2.45, 2.75) is 53.1 Å². The van der Waals surface area contributed by atoms with E-state index in [0.29, 0.717) is 19.6 Å². The van der Waals surface area contributed by atoms with Crippen LogP contribution in [0.1, 0.15) is 43.4 Å². The Kier molecular flexibility index (Phi) is 8.18. The van der Waals surface area contributed by atoms with Gasteiger partial charge < -0.3 is 14.8 Å². The van der Waals surface area contributed by atoms with Gasteiger partial charge in [0.05, 0.1) is 6.54 Å². The molecule has 1 N–H and O–H groups in total. The van der Waals surface area contributed by atoms with Crippen molar-refractivity contribution in [1.82, 2.24) is 5.32 Å². The van der Waals surface area contributed by atoms with Crippen LogP contribution in [0.15, 0.2) is 42.5 Å². The molecule has 1 amide bonds. The summed E-state index contributed by atoms with van der Waals surface area (Å²) in [6, 6.07) is 14.0. The van der Waals surface area contributed by atoms with E-state index < -0.39 is 6.10 Å². The third-order valence-electron chi connectivity index (χ3n) is 4.62. The molecule has 0 radical (unpaired) electrons. The van der Waals surface area contributed by atoms with Crippen LogP contribution in [0.5, 0.6) is 11.5 Å². The molecule has 0 unspecified atom stereocenters. The lowest BCUT2D eigenvalue weighted by Crippen LogP contribution is -2.39. The Hall–Kier alpha value is -2.49. The fraction of sp³-hybridized carbons (Fsp3) is 0.435. The molecule has 0 heterocycles. The molecule has 0 aromatic heterocycles. The molecule has 2 aromatic rings. The Morgan fingerprint density at radius 1 is 1.07 bits per heavy atom. The highest BCUT2D eigenvalue weighted by Crippen LogP contribution is 2.22. The van der Waals surface area contributed by atoms with Gasteiger partial charge in [0.25, 0.3) is 5.91 Å². The number of carbonyl (C=O) groups is 1. The van der Waals surface area contributed by atoms with Gasteiger partial charge in [-0.15, -0.1) is 0 Å². The normalized spacial score (nSPS) is 11.7. The largest absolute Gasteiger partial charge is 0.492 e. The van der Waals surface area contributed by atoms with Crippen LogP contribution in [0, 0.1) is 13.8 Å². The van der Waals surface area contributed by atoms with E-state index in [4.69, 9.17) is 9.47 Å². The second kappa shape index (κ2) is 10.6. The Balaban J connectivity index is 1.78. The second-order valence-electron chi connectivity index (χ2n) is 6.75. The molecule has 4 nitrogen and oxygen atoms in total. The number of hydrogen-bond acceptors (Lipinski definition) is 3. The van der Waals surface area contributed by atoms with E-state index in [2.05, 4.69) is 24.4 Å². The summed E-state index contributed by atoms with van der Waals surface area (Å²) in [5, 5.41) is 2.90. The lowest BCUT2D eigenvalue weighted by molar-refractivity contribution is -0.128. The number of nitrogens with one attached hydrogen (secondary N) is 1. The van der Waals surface area contributed by atoms with Gasteiger partial charge in [0.15, 0.2) is 6.10 Å². The highest BCUT2D eigenvalue weighted by atomic mass is 16.5. The molecule has 2 rings (SSSR count). The van der Waals surface area contributed by atoms with Crippen molar-refractivity contribution in [3.05, 3.63) is 59.2 Å². The van der Waals surface area contributed by atoms with Crippen LogP contribution in [0.3, 0.4) is 0 Å². The van der Waals surface area contributed by atoms with Gasteiger partial charge in [0.1, 0.15) is 18.1 Å². The van der Waals surface area contributed by atoms with Crippen molar-refractivity contribution >= 4 is 5.91 Å². The number of hydrogen-bond donors (Lipinski definition) is 1. The number of rotatable bonds is 10. The average Bonchev–Trinajstić information content (AvgIpc) is 2.67. The van der Waals surface area contributed by atoms with Crippen molar-refractivity contribution < 1.29 is 14.3 Å². The summed E-state index contributed by atoms with van der Waals surface area (Å²) in [6.45, 7) is 9.04. The molecule has 2 aromatic carbocycles. The summed E-state index contributed by atoms with van der Waals surface area (Å²) < 4.78 is 11.6. The maximum absolute atomic E-state index is 12.4. The highest BCUT2D eigenvalue weighted by molar-refractivity contribution is 5.81. The average molecular weight is 370 g/mol. The first kappa shape index (κ1) is 20.8. The van der Waals surface area contributed by atoms with Gasteiger partial charge in [-0.3, -0.25) is 4.79 Å². The number of aryl methyl sites for hydroxylation is 2. The van der Waals surface area contributed by atoms with Crippen LogP contribution in [0.2, 0.25) is 0 Å². The topological polar surface area (TPSA) is 47.6 Å². The maximum Gasteiger partial charge on any atom is 0.261 e. The Labute approximate surface area is 162 Å². The molecule has 0 aliphatic heterocycles. The van der Waals surface area contributed by atoms with Gasteiger partial charge in [0, 0.05) is 0 Å². The first-order valence-corrected chi connectivity index (χ1v) is 9.77. The van der Waals surface area contributed by atoms with Crippen molar-refractivity contribution in [3.8, 4) is 11.5 Å². The van der Waals surface area contributed by atoms with Gasteiger partial charge in [0.2, 0.25) is 0 Å².